The highest BCUT2D eigenvalue weighted by Gasteiger charge is 2.18. The molecule has 0 bridgehead atoms. The molecule has 45 heavy (non-hydrogen) atoms. The maximum atomic E-state index is 11.7. The summed E-state index contributed by atoms with van der Waals surface area (Å²) in [4.78, 5) is 9.86. The number of hydrogen-bond acceptors (Lipinski definition) is 3. The number of hydrogen-bond donors (Lipinski definition) is 1. The molecule has 0 saturated carbocycles. The topological polar surface area (TPSA) is 46.0 Å². The van der Waals surface area contributed by atoms with E-state index >= 15 is 0 Å². The predicted molar refractivity (Wildman–Crippen MR) is 185 cm³/mol. The second-order valence-corrected chi connectivity index (χ2v) is 11.2. The molecule has 0 amide bonds. The summed E-state index contributed by atoms with van der Waals surface area (Å²) >= 11 is 0. The highest BCUT2D eigenvalue weighted by atomic mass is 16.3. The first-order valence-electron chi connectivity index (χ1n) is 15.2. The SMILES string of the molecule is CC(c1ccccc1)c1cccc(-c2cc(-c3ccccc3)cc(-c3cccc(-c4cc(-c5ccccc5)ccn4)c3)n2)c1O. The van der Waals surface area contributed by atoms with Crippen molar-refractivity contribution in [2.45, 2.75) is 12.8 Å². The quantitative estimate of drug-likeness (QED) is 0.204. The van der Waals surface area contributed by atoms with Crippen molar-refractivity contribution in [3.63, 3.8) is 0 Å². The minimum atomic E-state index is 0.0266. The number of rotatable bonds is 7. The lowest BCUT2D eigenvalue weighted by Gasteiger charge is -2.17. The van der Waals surface area contributed by atoms with Crippen LogP contribution in [0.3, 0.4) is 0 Å². The van der Waals surface area contributed by atoms with E-state index in [4.69, 9.17) is 9.97 Å². The molecule has 2 heterocycles. The van der Waals surface area contributed by atoms with Gasteiger partial charge >= 0.3 is 0 Å². The summed E-state index contributed by atoms with van der Waals surface area (Å²) in [5.74, 6) is 0.284. The van der Waals surface area contributed by atoms with Gasteiger partial charge in [0.1, 0.15) is 5.75 Å². The number of benzene rings is 5. The zero-order chi connectivity index (χ0) is 30.6. The summed E-state index contributed by atoms with van der Waals surface area (Å²) in [7, 11) is 0. The van der Waals surface area contributed by atoms with Gasteiger partial charge in [-0.25, -0.2) is 4.98 Å². The lowest BCUT2D eigenvalue weighted by atomic mass is 9.90. The molecule has 1 atom stereocenters. The minimum Gasteiger partial charge on any atom is -0.507 e. The number of nitrogens with zero attached hydrogens (tertiary/aromatic N) is 2. The summed E-state index contributed by atoms with van der Waals surface area (Å²) in [5.41, 5.74) is 11.6. The van der Waals surface area contributed by atoms with Crippen molar-refractivity contribution in [3.05, 3.63) is 175 Å². The van der Waals surface area contributed by atoms with E-state index in [0.717, 1.165) is 61.6 Å². The van der Waals surface area contributed by atoms with E-state index in [1.165, 1.54) is 0 Å². The molecule has 7 aromatic rings. The normalized spacial score (nSPS) is 11.7. The van der Waals surface area contributed by atoms with Crippen LogP contribution < -0.4 is 0 Å². The molecule has 3 nitrogen and oxygen atoms in total. The fourth-order valence-electron chi connectivity index (χ4n) is 5.89. The van der Waals surface area contributed by atoms with Crippen molar-refractivity contribution in [2.75, 3.05) is 0 Å². The van der Waals surface area contributed by atoms with Crippen LogP contribution in [0.15, 0.2) is 164 Å². The van der Waals surface area contributed by atoms with Gasteiger partial charge in [-0.1, -0.05) is 128 Å². The van der Waals surface area contributed by atoms with Crippen molar-refractivity contribution < 1.29 is 5.11 Å². The van der Waals surface area contributed by atoms with Gasteiger partial charge < -0.3 is 5.11 Å². The molecule has 1 unspecified atom stereocenters. The van der Waals surface area contributed by atoms with Crippen LogP contribution in [-0.2, 0) is 0 Å². The Morgan fingerprint density at radius 2 is 1.02 bits per heavy atom. The van der Waals surface area contributed by atoms with Crippen molar-refractivity contribution in [2.24, 2.45) is 0 Å². The van der Waals surface area contributed by atoms with Gasteiger partial charge in [0, 0.05) is 34.4 Å². The number of aromatic nitrogens is 2. The molecule has 0 aliphatic heterocycles. The van der Waals surface area contributed by atoms with E-state index in [0.29, 0.717) is 5.56 Å². The lowest BCUT2D eigenvalue weighted by molar-refractivity contribution is 0.468. The second kappa shape index (κ2) is 12.4. The highest BCUT2D eigenvalue weighted by Crippen LogP contribution is 2.40. The van der Waals surface area contributed by atoms with E-state index in [-0.39, 0.29) is 11.7 Å². The molecule has 2 aromatic heterocycles. The van der Waals surface area contributed by atoms with E-state index in [1.54, 1.807) is 0 Å². The Bertz CT molecular complexity index is 2070. The third kappa shape index (κ3) is 5.89. The molecule has 0 spiro atoms. The number of phenolic OH excluding ortho intramolecular Hbond substituents is 1. The number of aromatic hydroxyl groups is 1. The lowest BCUT2D eigenvalue weighted by Crippen LogP contribution is -1.98. The van der Waals surface area contributed by atoms with Crippen molar-refractivity contribution in [3.8, 4) is 61.8 Å². The first-order chi connectivity index (χ1) is 22.1. The summed E-state index contributed by atoms with van der Waals surface area (Å²) < 4.78 is 0. The molecule has 3 heteroatoms. The van der Waals surface area contributed by atoms with E-state index in [9.17, 15) is 5.11 Å². The van der Waals surface area contributed by atoms with Gasteiger partial charge in [0.05, 0.1) is 17.1 Å². The van der Waals surface area contributed by atoms with E-state index < -0.39 is 0 Å². The Kier molecular flexibility index (Phi) is 7.74. The van der Waals surface area contributed by atoms with Gasteiger partial charge in [0.2, 0.25) is 0 Å². The van der Waals surface area contributed by atoms with Crippen LogP contribution in [0.2, 0.25) is 0 Å². The zero-order valence-electron chi connectivity index (χ0n) is 25.0. The van der Waals surface area contributed by atoms with Gasteiger partial charge in [-0.15, -0.1) is 0 Å². The number of pyridine rings is 2. The monoisotopic (exact) mass is 580 g/mol. The Labute approximate surface area is 264 Å². The fourth-order valence-corrected chi connectivity index (χ4v) is 5.89. The molecular formula is C42H32N2O. The second-order valence-electron chi connectivity index (χ2n) is 11.2. The molecule has 0 saturated heterocycles. The zero-order valence-corrected chi connectivity index (χ0v) is 25.0. The van der Waals surface area contributed by atoms with Crippen molar-refractivity contribution >= 4 is 0 Å². The predicted octanol–water partition coefficient (Wildman–Crippen LogP) is 10.7. The molecule has 7 rings (SSSR count). The highest BCUT2D eigenvalue weighted by molar-refractivity contribution is 5.81. The van der Waals surface area contributed by atoms with Gasteiger partial charge in [-0.3, -0.25) is 4.98 Å². The van der Waals surface area contributed by atoms with Crippen LogP contribution in [-0.4, -0.2) is 15.1 Å². The standard InChI is InChI=1S/C42H32N2O/c1-29(30-13-5-2-6-14-30)37-21-12-22-38(42(37)45)41-28-36(32-17-9-4-10-18-32)27-40(44-41)35-20-11-19-34(25-35)39-26-33(23-24-43-39)31-15-7-3-8-16-31/h2-29,45H,1H3. The Morgan fingerprint density at radius 3 is 1.73 bits per heavy atom. The maximum absolute atomic E-state index is 11.7. The third-order valence-corrected chi connectivity index (χ3v) is 8.36. The Morgan fingerprint density at radius 1 is 0.467 bits per heavy atom. The van der Waals surface area contributed by atoms with Crippen molar-refractivity contribution in [1.29, 1.82) is 0 Å². The van der Waals surface area contributed by atoms with Gasteiger partial charge in [-0.05, 0) is 64.2 Å². The molecule has 5 aromatic carbocycles. The first-order valence-corrected chi connectivity index (χ1v) is 15.2. The summed E-state index contributed by atoms with van der Waals surface area (Å²) in [6.45, 7) is 2.12. The average molecular weight is 581 g/mol. The van der Waals surface area contributed by atoms with Crippen LogP contribution in [0.25, 0.3) is 56.0 Å². The average Bonchev–Trinajstić information content (AvgIpc) is 3.12. The van der Waals surface area contributed by atoms with E-state index in [1.807, 2.05) is 72.9 Å². The van der Waals surface area contributed by atoms with Crippen LogP contribution in [0, 0.1) is 0 Å². The largest absolute Gasteiger partial charge is 0.507 e. The number of para-hydroxylation sites is 1. The maximum Gasteiger partial charge on any atom is 0.128 e. The Hall–Kier alpha value is -5.80. The van der Waals surface area contributed by atoms with Crippen LogP contribution in [0.1, 0.15) is 24.0 Å². The first kappa shape index (κ1) is 28.0. The molecule has 0 aliphatic rings. The molecule has 0 fully saturated rings. The molecular weight excluding hydrogens is 548 g/mol. The van der Waals surface area contributed by atoms with E-state index in [2.05, 4.69) is 97.9 Å². The summed E-state index contributed by atoms with van der Waals surface area (Å²) in [6.07, 6.45) is 1.86. The summed E-state index contributed by atoms with van der Waals surface area (Å²) in [6, 6.07) is 53.6. The molecule has 0 radical (unpaired) electrons. The smallest absolute Gasteiger partial charge is 0.128 e. The van der Waals surface area contributed by atoms with Gasteiger partial charge in [0.15, 0.2) is 0 Å². The number of phenols is 1. The third-order valence-electron chi connectivity index (χ3n) is 8.36. The Balaban J connectivity index is 1.33. The fraction of sp³-hybridized carbons (Fsp3) is 0.0476. The van der Waals surface area contributed by atoms with Gasteiger partial charge in [0.25, 0.3) is 0 Å². The van der Waals surface area contributed by atoms with Crippen molar-refractivity contribution in [1.82, 2.24) is 9.97 Å². The van der Waals surface area contributed by atoms with Crippen LogP contribution in [0.4, 0.5) is 0 Å². The van der Waals surface area contributed by atoms with Crippen LogP contribution in [0.5, 0.6) is 5.75 Å². The van der Waals surface area contributed by atoms with Gasteiger partial charge in [-0.2, -0.15) is 0 Å². The minimum absolute atomic E-state index is 0.0266. The van der Waals surface area contributed by atoms with Crippen LogP contribution >= 0.6 is 0 Å². The summed E-state index contributed by atoms with van der Waals surface area (Å²) in [5, 5.41) is 11.7. The molecule has 1 N–H and O–H groups in total. The molecule has 0 aliphatic carbocycles. The molecule has 216 valence electrons.